The minimum atomic E-state index is 0.244. The Hall–Kier alpha value is -0.0800. The lowest BCUT2D eigenvalue weighted by Crippen LogP contribution is -2.55. The molecular weight excluding hydrogens is 244 g/mol. The molecule has 2 heteroatoms. The van der Waals surface area contributed by atoms with Gasteiger partial charge in [-0.3, -0.25) is 4.90 Å². The quantitative estimate of drug-likeness (QED) is 0.812. The Morgan fingerprint density at radius 1 is 1.10 bits per heavy atom. The molecule has 1 aliphatic carbocycles. The van der Waals surface area contributed by atoms with Gasteiger partial charge in [0.2, 0.25) is 0 Å². The van der Waals surface area contributed by atoms with Crippen molar-refractivity contribution in [2.75, 3.05) is 13.1 Å². The SMILES string of the molecule is CCCC(CNC(C)(C)C)N1CCC[C@H]2CCCC[C@H]21. The second-order valence-electron chi connectivity index (χ2n) is 8.07. The van der Waals surface area contributed by atoms with Gasteiger partial charge in [-0.25, -0.2) is 0 Å². The summed E-state index contributed by atoms with van der Waals surface area (Å²) in [4.78, 5) is 2.90. The fraction of sp³-hybridized carbons (Fsp3) is 1.00. The van der Waals surface area contributed by atoms with Gasteiger partial charge < -0.3 is 5.32 Å². The normalized spacial score (nSPS) is 30.0. The lowest BCUT2D eigenvalue weighted by atomic mass is 9.77. The van der Waals surface area contributed by atoms with Crippen LogP contribution in [0.4, 0.5) is 0 Å². The molecule has 0 spiro atoms. The van der Waals surface area contributed by atoms with E-state index in [0.717, 1.165) is 18.0 Å². The molecule has 0 aromatic rings. The van der Waals surface area contributed by atoms with Crippen molar-refractivity contribution in [1.82, 2.24) is 10.2 Å². The standard InChI is InChI=1S/C18H36N2/c1-5-9-16(14-19-18(2,3)4)20-13-8-11-15-10-6-7-12-17(15)20/h15-17,19H,5-14H2,1-4H3/t15-,16?,17-/m1/s1. The smallest absolute Gasteiger partial charge is 0.0223 e. The molecule has 1 heterocycles. The van der Waals surface area contributed by atoms with Gasteiger partial charge in [-0.1, -0.05) is 26.2 Å². The molecule has 1 unspecified atom stereocenters. The van der Waals surface area contributed by atoms with Crippen LogP contribution in [0, 0.1) is 5.92 Å². The van der Waals surface area contributed by atoms with Crippen LogP contribution in [-0.4, -0.2) is 35.6 Å². The van der Waals surface area contributed by atoms with Crippen molar-refractivity contribution in [2.45, 2.75) is 96.7 Å². The first-order valence-corrected chi connectivity index (χ1v) is 9.02. The largest absolute Gasteiger partial charge is 0.311 e. The third-order valence-corrected chi connectivity index (χ3v) is 5.25. The number of hydrogen-bond donors (Lipinski definition) is 1. The first-order valence-electron chi connectivity index (χ1n) is 9.02. The molecule has 3 atom stereocenters. The van der Waals surface area contributed by atoms with Crippen molar-refractivity contribution in [3.63, 3.8) is 0 Å². The summed E-state index contributed by atoms with van der Waals surface area (Å²) in [6.07, 6.45) is 11.5. The molecule has 118 valence electrons. The average molecular weight is 280 g/mol. The molecule has 1 saturated carbocycles. The maximum absolute atomic E-state index is 3.76. The number of nitrogens with zero attached hydrogens (tertiary/aromatic N) is 1. The Kier molecular flexibility index (Phi) is 5.92. The van der Waals surface area contributed by atoms with Crippen molar-refractivity contribution in [3.05, 3.63) is 0 Å². The molecule has 2 fully saturated rings. The Morgan fingerprint density at radius 3 is 2.50 bits per heavy atom. The highest BCUT2D eigenvalue weighted by molar-refractivity contribution is 4.91. The van der Waals surface area contributed by atoms with E-state index in [0.29, 0.717) is 0 Å². The van der Waals surface area contributed by atoms with Crippen LogP contribution in [0.2, 0.25) is 0 Å². The lowest BCUT2D eigenvalue weighted by molar-refractivity contribution is 0.0207. The molecule has 0 aromatic carbocycles. The Labute approximate surface area is 126 Å². The molecule has 1 aliphatic heterocycles. The topological polar surface area (TPSA) is 15.3 Å². The number of rotatable bonds is 5. The molecule has 1 saturated heterocycles. The monoisotopic (exact) mass is 280 g/mol. The molecule has 0 radical (unpaired) electrons. The second kappa shape index (κ2) is 7.26. The van der Waals surface area contributed by atoms with Crippen molar-refractivity contribution in [2.24, 2.45) is 5.92 Å². The number of piperidine rings is 1. The zero-order valence-corrected chi connectivity index (χ0v) is 14.3. The molecule has 2 rings (SSSR count). The lowest BCUT2D eigenvalue weighted by Gasteiger charge is -2.48. The van der Waals surface area contributed by atoms with Crippen LogP contribution in [0.3, 0.4) is 0 Å². The van der Waals surface area contributed by atoms with Crippen molar-refractivity contribution >= 4 is 0 Å². The molecule has 1 N–H and O–H groups in total. The Balaban J connectivity index is 1.98. The first kappa shape index (κ1) is 16.3. The van der Waals surface area contributed by atoms with Gasteiger partial charge in [-0.2, -0.15) is 0 Å². The van der Waals surface area contributed by atoms with Crippen molar-refractivity contribution in [3.8, 4) is 0 Å². The van der Waals surface area contributed by atoms with E-state index < -0.39 is 0 Å². The fourth-order valence-electron chi connectivity index (χ4n) is 4.26. The molecule has 0 aromatic heterocycles. The highest BCUT2D eigenvalue weighted by atomic mass is 15.2. The summed E-state index contributed by atoms with van der Waals surface area (Å²) in [5.41, 5.74) is 0.244. The molecule has 20 heavy (non-hydrogen) atoms. The molecule has 0 bridgehead atoms. The van der Waals surface area contributed by atoms with E-state index in [9.17, 15) is 0 Å². The highest BCUT2D eigenvalue weighted by Crippen LogP contribution is 2.36. The number of nitrogens with one attached hydrogen (secondary N) is 1. The Morgan fingerprint density at radius 2 is 1.80 bits per heavy atom. The summed E-state index contributed by atoms with van der Waals surface area (Å²) in [5.74, 6) is 1.01. The van der Waals surface area contributed by atoms with E-state index in [4.69, 9.17) is 0 Å². The van der Waals surface area contributed by atoms with E-state index in [1.54, 1.807) is 0 Å². The number of hydrogen-bond acceptors (Lipinski definition) is 2. The van der Waals surface area contributed by atoms with Gasteiger partial charge in [0.15, 0.2) is 0 Å². The van der Waals surface area contributed by atoms with Gasteiger partial charge in [0.25, 0.3) is 0 Å². The van der Waals surface area contributed by atoms with Gasteiger partial charge in [0.1, 0.15) is 0 Å². The van der Waals surface area contributed by atoms with Gasteiger partial charge in [-0.15, -0.1) is 0 Å². The third kappa shape index (κ3) is 4.46. The summed E-state index contributed by atoms with van der Waals surface area (Å²) in [6, 6.07) is 1.65. The van der Waals surface area contributed by atoms with Crippen LogP contribution < -0.4 is 5.32 Å². The van der Waals surface area contributed by atoms with E-state index >= 15 is 0 Å². The number of likely N-dealkylation sites (tertiary alicyclic amines) is 1. The summed E-state index contributed by atoms with van der Waals surface area (Å²) < 4.78 is 0. The van der Waals surface area contributed by atoms with Gasteiger partial charge in [-0.05, 0) is 65.3 Å². The molecule has 2 nitrogen and oxygen atoms in total. The van der Waals surface area contributed by atoms with Crippen LogP contribution in [0.5, 0.6) is 0 Å². The van der Waals surface area contributed by atoms with Gasteiger partial charge in [0.05, 0.1) is 0 Å². The highest BCUT2D eigenvalue weighted by Gasteiger charge is 2.36. The minimum absolute atomic E-state index is 0.244. The van der Waals surface area contributed by atoms with Crippen LogP contribution >= 0.6 is 0 Å². The third-order valence-electron chi connectivity index (χ3n) is 5.25. The molecule has 0 amide bonds. The summed E-state index contributed by atoms with van der Waals surface area (Å²) in [7, 11) is 0. The minimum Gasteiger partial charge on any atom is -0.311 e. The van der Waals surface area contributed by atoms with Crippen molar-refractivity contribution in [1.29, 1.82) is 0 Å². The summed E-state index contributed by atoms with van der Waals surface area (Å²) >= 11 is 0. The first-order chi connectivity index (χ1) is 9.51. The maximum Gasteiger partial charge on any atom is 0.0223 e. The summed E-state index contributed by atoms with van der Waals surface area (Å²) in [6.45, 7) is 11.7. The van der Waals surface area contributed by atoms with E-state index in [-0.39, 0.29) is 5.54 Å². The van der Waals surface area contributed by atoms with Crippen LogP contribution in [0.1, 0.15) is 79.1 Å². The Bertz CT molecular complexity index is 280. The average Bonchev–Trinajstić information content (AvgIpc) is 2.42. The van der Waals surface area contributed by atoms with Crippen LogP contribution in [0.15, 0.2) is 0 Å². The fourth-order valence-corrected chi connectivity index (χ4v) is 4.26. The number of fused-ring (bicyclic) bond motifs is 1. The van der Waals surface area contributed by atoms with Gasteiger partial charge >= 0.3 is 0 Å². The van der Waals surface area contributed by atoms with E-state index in [1.807, 2.05) is 0 Å². The predicted octanol–water partition coefficient (Wildman–Crippen LogP) is 4.20. The predicted molar refractivity (Wildman–Crippen MR) is 88.1 cm³/mol. The zero-order valence-electron chi connectivity index (χ0n) is 14.3. The second-order valence-corrected chi connectivity index (χ2v) is 8.07. The zero-order chi connectivity index (χ0) is 14.6. The van der Waals surface area contributed by atoms with Crippen LogP contribution in [-0.2, 0) is 0 Å². The molecule has 2 aliphatic rings. The maximum atomic E-state index is 3.76. The van der Waals surface area contributed by atoms with Crippen LogP contribution in [0.25, 0.3) is 0 Å². The van der Waals surface area contributed by atoms with Gasteiger partial charge in [0, 0.05) is 24.2 Å². The van der Waals surface area contributed by atoms with E-state index in [1.165, 1.54) is 64.5 Å². The van der Waals surface area contributed by atoms with E-state index in [2.05, 4.69) is 37.9 Å². The van der Waals surface area contributed by atoms with Crippen molar-refractivity contribution < 1.29 is 0 Å². The molecular formula is C18H36N2. The summed E-state index contributed by atoms with van der Waals surface area (Å²) in [5, 5.41) is 3.76.